The van der Waals surface area contributed by atoms with Crippen LogP contribution < -0.4 is 9.47 Å². The van der Waals surface area contributed by atoms with Crippen LogP contribution in [0.1, 0.15) is 31.8 Å². The molecule has 0 saturated carbocycles. The molecule has 0 heterocycles. The lowest BCUT2D eigenvalue weighted by Gasteiger charge is -2.10. The van der Waals surface area contributed by atoms with E-state index in [0.717, 1.165) is 24.3 Å². The van der Waals surface area contributed by atoms with Crippen molar-refractivity contribution in [2.75, 3.05) is 0 Å². The van der Waals surface area contributed by atoms with E-state index < -0.39 is 36.2 Å². The second-order valence-electron chi connectivity index (χ2n) is 7.11. The highest BCUT2D eigenvalue weighted by Crippen LogP contribution is 2.24. The zero-order chi connectivity index (χ0) is 26.3. The van der Waals surface area contributed by atoms with Crippen molar-refractivity contribution in [2.24, 2.45) is 0 Å². The summed E-state index contributed by atoms with van der Waals surface area (Å²) in [4.78, 5) is 24.4. The molecule has 0 aliphatic heterocycles. The van der Waals surface area contributed by atoms with Gasteiger partial charge in [-0.25, -0.2) is 9.59 Å². The first-order chi connectivity index (χ1) is 16.9. The fourth-order valence-electron chi connectivity index (χ4n) is 2.78. The summed E-state index contributed by atoms with van der Waals surface area (Å²) in [5.74, 6) is -2.28. The number of ether oxygens (including phenoxy) is 4. The summed E-state index contributed by atoms with van der Waals surface area (Å²) in [6.07, 6.45) is -9.62. The number of halogens is 6. The Bertz CT molecular complexity index is 1080. The third-order valence-electron chi connectivity index (χ3n) is 4.41. The molecule has 12 heteroatoms. The maximum atomic E-state index is 12.2. The number of hydrogen-bond acceptors (Lipinski definition) is 6. The molecule has 0 atom stereocenters. The molecule has 0 aromatic heterocycles. The molecule has 6 nitrogen and oxygen atoms in total. The molecular weight excluding hydrogens is 498 g/mol. The van der Waals surface area contributed by atoms with E-state index in [2.05, 4.69) is 9.47 Å². The molecule has 0 spiro atoms. The number of carbonyl (C=O) groups excluding carboxylic acids is 2. The Labute approximate surface area is 200 Å². The van der Waals surface area contributed by atoms with E-state index in [1.807, 2.05) is 0 Å². The van der Waals surface area contributed by atoms with Gasteiger partial charge in [-0.1, -0.05) is 24.3 Å². The Kier molecular flexibility index (Phi) is 8.07. The summed E-state index contributed by atoms with van der Waals surface area (Å²) >= 11 is 0. The Morgan fingerprint density at radius 2 is 0.833 bits per heavy atom. The number of hydrogen-bond donors (Lipinski definition) is 0. The molecule has 0 bridgehead atoms. The third kappa shape index (κ3) is 8.53. The highest BCUT2D eigenvalue weighted by atomic mass is 19.4. The third-order valence-corrected chi connectivity index (χ3v) is 4.41. The molecule has 3 aromatic rings. The molecular formula is C24H16F6O6. The van der Waals surface area contributed by atoms with E-state index in [4.69, 9.17) is 9.47 Å². The van der Waals surface area contributed by atoms with Gasteiger partial charge in [-0.15, -0.1) is 26.3 Å². The van der Waals surface area contributed by atoms with Crippen LogP contribution in [0, 0.1) is 0 Å². The zero-order valence-corrected chi connectivity index (χ0v) is 18.1. The molecule has 0 fully saturated rings. The van der Waals surface area contributed by atoms with Crippen molar-refractivity contribution < 1.29 is 54.9 Å². The molecule has 0 radical (unpaired) electrons. The average molecular weight is 514 g/mol. The predicted octanol–water partition coefficient (Wildman–Crippen LogP) is 6.20. The minimum atomic E-state index is -4.81. The molecule has 190 valence electrons. The van der Waals surface area contributed by atoms with Crippen molar-refractivity contribution in [1.29, 1.82) is 0 Å². The molecule has 3 aromatic carbocycles. The van der Waals surface area contributed by atoms with E-state index >= 15 is 0 Å². The van der Waals surface area contributed by atoms with Crippen LogP contribution in [0.3, 0.4) is 0 Å². The van der Waals surface area contributed by atoms with Crippen LogP contribution in [0.5, 0.6) is 11.5 Å². The van der Waals surface area contributed by atoms with Gasteiger partial charge in [0, 0.05) is 0 Å². The molecule has 0 N–H and O–H groups in total. The van der Waals surface area contributed by atoms with E-state index in [0.29, 0.717) is 11.1 Å². The molecule has 0 unspecified atom stereocenters. The summed E-state index contributed by atoms with van der Waals surface area (Å²) < 4.78 is 90.8. The number of alkyl halides is 6. The van der Waals surface area contributed by atoms with Crippen molar-refractivity contribution in [3.05, 3.63) is 95.1 Å². The first kappa shape index (κ1) is 26.4. The van der Waals surface area contributed by atoms with Gasteiger partial charge >= 0.3 is 24.7 Å². The largest absolute Gasteiger partial charge is 0.573 e. The molecule has 0 amide bonds. The summed E-state index contributed by atoms with van der Waals surface area (Å²) in [5, 5.41) is 0. The minimum absolute atomic E-state index is 0.115. The van der Waals surface area contributed by atoms with Gasteiger partial charge in [0.25, 0.3) is 0 Å². The fourth-order valence-corrected chi connectivity index (χ4v) is 2.78. The van der Waals surface area contributed by atoms with Crippen LogP contribution in [0.15, 0.2) is 72.8 Å². The van der Waals surface area contributed by atoms with Crippen LogP contribution in [0.2, 0.25) is 0 Å². The molecule has 0 aliphatic rings. The number of carbonyl (C=O) groups is 2. The highest BCUT2D eigenvalue weighted by molar-refractivity contribution is 5.93. The molecule has 3 rings (SSSR count). The van der Waals surface area contributed by atoms with Gasteiger partial charge in [0.2, 0.25) is 0 Å². The number of benzene rings is 3. The zero-order valence-electron chi connectivity index (χ0n) is 18.1. The van der Waals surface area contributed by atoms with E-state index in [-0.39, 0.29) is 24.3 Å². The Morgan fingerprint density at radius 1 is 0.528 bits per heavy atom. The van der Waals surface area contributed by atoms with Gasteiger partial charge in [0.05, 0.1) is 11.1 Å². The molecule has 0 aliphatic carbocycles. The standard InChI is InChI=1S/C24H16F6O6/c25-23(26,27)35-19-9-1-15(2-10-19)13-33-21(31)17-5-7-18(8-6-17)22(32)34-14-16-3-11-20(12-4-16)36-24(28,29)30/h1-12H,13-14H2. The SMILES string of the molecule is O=C(OCc1ccc(OC(F)(F)F)cc1)c1ccc(C(=O)OCc2ccc(OC(F)(F)F)cc2)cc1. The topological polar surface area (TPSA) is 71.1 Å². The molecule has 36 heavy (non-hydrogen) atoms. The monoisotopic (exact) mass is 514 g/mol. The normalized spacial score (nSPS) is 11.5. The number of esters is 2. The van der Waals surface area contributed by atoms with E-state index in [9.17, 15) is 35.9 Å². The number of rotatable bonds is 8. The smallest absolute Gasteiger partial charge is 0.457 e. The maximum absolute atomic E-state index is 12.2. The van der Waals surface area contributed by atoms with Crippen LogP contribution in [-0.4, -0.2) is 24.7 Å². The summed E-state index contributed by atoms with van der Waals surface area (Å²) in [6, 6.07) is 14.9. The van der Waals surface area contributed by atoms with Gasteiger partial charge in [-0.05, 0) is 59.7 Å². The minimum Gasteiger partial charge on any atom is -0.457 e. The lowest BCUT2D eigenvalue weighted by atomic mass is 10.1. The van der Waals surface area contributed by atoms with Crippen LogP contribution in [0.4, 0.5) is 26.3 Å². The van der Waals surface area contributed by atoms with Gasteiger partial charge in [-0.2, -0.15) is 0 Å². The van der Waals surface area contributed by atoms with Crippen molar-refractivity contribution >= 4 is 11.9 Å². The van der Waals surface area contributed by atoms with Gasteiger partial charge in [0.15, 0.2) is 0 Å². The van der Waals surface area contributed by atoms with Crippen molar-refractivity contribution in [2.45, 2.75) is 25.9 Å². The Hall–Kier alpha value is -4.22. The lowest BCUT2D eigenvalue weighted by molar-refractivity contribution is -0.275. The van der Waals surface area contributed by atoms with Crippen molar-refractivity contribution in [3.63, 3.8) is 0 Å². The first-order valence-electron chi connectivity index (χ1n) is 10.0. The quantitative estimate of drug-likeness (QED) is 0.264. The molecule has 0 saturated heterocycles. The van der Waals surface area contributed by atoms with Gasteiger partial charge < -0.3 is 18.9 Å². The maximum Gasteiger partial charge on any atom is 0.573 e. The van der Waals surface area contributed by atoms with Crippen molar-refractivity contribution in [1.82, 2.24) is 0 Å². The van der Waals surface area contributed by atoms with Crippen LogP contribution in [-0.2, 0) is 22.7 Å². The van der Waals surface area contributed by atoms with Gasteiger partial charge in [0.1, 0.15) is 24.7 Å². The van der Waals surface area contributed by atoms with Crippen molar-refractivity contribution in [3.8, 4) is 11.5 Å². The summed E-state index contributed by atoms with van der Waals surface area (Å²) in [5.41, 5.74) is 1.08. The average Bonchev–Trinajstić information content (AvgIpc) is 2.81. The highest BCUT2D eigenvalue weighted by Gasteiger charge is 2.31. The van der Waals surface area contributed by atoms with Crippen LogP contribution in [0.25, 0.3) is 0 Å². The lowest BCUT2D eigenvalue weighted by Crippen LogP contribution is -2.17. The fraction of sp³-hybridized carbons (Fsp3) is 0.167. The predicted molar refractivity (Wildman–Crippen MR) is 111 cm³/mol. The van der Waals surface area contributed by atoms with E-state index in [1.165, 1.54) is 48.5 Å². The first-order valence-corrected chi connectivity index (χ1v) is 10.0. The summed E-state index contributed by atoms with van der Waals surface area (Å²) in [7, 11) is 0. The van der Waals surface area contributed by atoms with Gasteiger partial charge in [-0.3, -0.25) is 0 Å². The second kappa shape index (κ2) is 11.0. The Balaban J connectivity index is 1.48. The van der Waals surface area contributed by atoms with E-state index in [1.54, 1.807) is 0 Å². The van der Waals surface area contributed by atoms with Crippen LogP contribution >= 0.6 is 0 Å². The summed E-state index contributed by atoms with van der Waals surface area (Å²) in [6.45, 7) is -0.413. The second-order valence-corrected chi connectivity index (χ2v) is 7.11. The Morgan fingerprint density at radius 3 is 1.11 bits per heavy atom.